The summed E-state index contributed by atoms with van der Waals surface area (Å²) in [5.41, 5.74) is 1.77. The van der Waals surface area contributed by atoms with Crippen LogP contribution < -0.4 is 25.0 Å². The van der Waals surface area contributed by atoms with Crippen molar-refractivity contribution >= 4 is 40.7 Å². The van der Waals surface area contributed by atoms with Crippen LogP contribution in [-0.4, -0.2) is 41.0 Å². The van der Waals surface area contributed by atoms with Gasteiger partial charge in [-0.2, -0.15) is 13.9 Å². The van der Waals surface area contributed by atoms with Crippen molar-refractivity contribution in [2.24, 2.45) is 0 Å². The van der Waals surface area contributed by atoms with E-state index in [2.05, 4.69) is 15.7 Å². The molecule has 1 aliphatic rings. The van der Waals surface area contributed by atoms with Gasteiger partial charge in [-0.15, -0.1) is 0 Å². The number of nitrogens with zero attached hydrogens (tertiary/aromatic N) is 3. The number of aromatic nitrogens is 2. The minimum Gasteiger partial charge on any atom is -0.485 e. The highest BCUT2D eigenvalue weighted by Gasteiger charge is 2.30. The van der Waals surface area contributed by atoms with Gasteiger partial charge in [-0.25, -0.2) is 9.48 Å². The van der Waals surface area contributed by atoms with Crippen molar-refractivity contribution < 1.29 is 27.8 Å². The normalized spacial score (nSPS) is 14.8. The van der Waals surface area contributed by atoms with Gasteiger partial charge in [0.15, 0.2) is 0 Å². The van der Waals surface area contributed by atoms with Gasteiger partial charge in [0.25, 0.3) is 0 Å². The molecule has 3 aromatic rings. The minimum absolute atomic E-state index is 0.216. The van der Waals surface area contributed by atoms with E-state index in [4.69, 9.17) is 21.1 Å². The highest BCUT2D eigenvalue weighted by Crippen LogP contribution is 2.41. The Morgan fingerprint density at radius 1 is 1.23 bits per heavy atom. The van der Waals surface area contributed by atoms with Crippen molar-refractivity contribution in [3.63, 3.8) is 0 Å². The topological polar surface area (TPSA) is 97.7 Å². The van der Waals surface area contributed by atoms with Crippen molar-refractivity contribution in [3.05, 3.63) is 59.4 Å². The molecule has 1 aromatic heterocycles. The SMILES string of the molecule is CC(=O)NC[C@H]1CN(c2cn(C(F)F)nc2C)c2cc(NC(=O)Oc3ccc(Cl)cc3)ccc2O1. The zero-order valence-corrected chi connectivity index (χ0v) is 19.6. The average molecular weight is 506 g/mol. The highest BCUT2D eigenvalue weighted by atomic mass is 35.5. The molecule has 0 radical (unpaired) electrons. The number of amides is 2. The van der Waals surface area contributed by atoms with E-state index in [0.717, 1.165) is 0 Å². The Balaban J connectivity index is 1.60. The molecule has 2 heterocycles. The molecule has 0 aliphatic carbocycles. The lowest BCUT2D eigenvalue weighted by Gasteiger charge is -2.36. The molecule has 2 N–H and O–H groups in total. The van der Waals surface area contributed by atoms with Crippen LogP contribution in [0.15, 0.2) is 48.7 Å². The van der Waals surface area contributed by atoms with Gasteiger partial charge in [0.2, 0.25) is 5.91 Å². The first kappa shape index (κ1) is 24.3. The van der Waals surface area contributed by atoms with Gasteiger partial charge in [-0.05, 0) is 49.4 Å². The van der Waals surface area contributed by atoms with Gasteiger partial charge in [0, 0.05) is 17.6 Å². The van der Waals surface area contributed by atoms with Crippen LogP contribution in [0.25, 0.3) is 0 Å². The molecule has 0 saturated carbocycles. The average Bonchev–Trinajstić information content (AvgIpc) is 3.20. The zero-order valence-electron chi connectivity index (χ0n) is 18.8. The molecule has 0 saturated heterocycles. The number of hydrogen-bond acceptors (Lipinski definition) is 6. The van der Waals surface area contributed by atoms with Crippen molar-refractivity contribution in [1.29, 1.82) is 0 Å². The predicted octanol–water partition coefficient (Wildman–Crippen LogP) is 4.89. The number of carbonyl (C=O) groups is 2. The maximum Gasteiger partial charge on any atom is 0.417 e. The smallest absolute Gasteiger partial charge is 0.417 e. The molecule has 12 heteroatoms. The summed E-state index contributed by atoms with van der Waals surface area (Å²) in [5, 5.41) is 9.76. The lowest BCUT2D eigenvalue weighted by Crippen LogP contribution is -2.44. The first-order valence-corrected chi connectivity index (χ1v) is 11.0. The number of alkyl halides is 2. The zero-order chi connectivity index (χ0) is 25.1. The van der Waals surface area contributed by atoms with Gasteiger partial charge < -0.3 is 19.7 Å². The molecular formula is C23H22ClF2N5O4. The molecule has 184 valence electrons. The summed E-state index contributed by atoms with van der Waals surface area (Å²) >= 11 is 5.84. The summed E-state index contributed by atoms with van der Waals surface area (Å²) in [6.45, 7) is 0.695. The summed E-state index contributed by atoms with van der Waals surface area (Å²) in [5.74, 6) is 0.546. The van der Waals surface area contributed by atoms with Gasteiger partial charge in [0.1, 0.15) is 17.6 Å². The van der Waals surface area contributed by atoms with Gasteiger partial charge in [-0.1, -0.05) is 11.6 Å². The van der Waals surface area contributed by atoms with E-state index in [9.17, 15) is 18.4 Å². The molecule has 1 atom stereocenters. The Kier molecular flexibility index (Phi) is 7.06. The lowest BCUT2D eigenvalue weighted by molar-refractivity contribution is -0.119. The van der Waals surface area contributed by atoms with Gasteiger partial charge >= 0.3 is 12.6 Å². The lowest BCUT2D eigenvalue weighted by atomic mass is 10.1. The first-order valence-electron chi connectivity index (χ1n) is 10.6. The van der Waals surface area contributed by atoms with E-state index < -0.39 is 18.7 Å². The van der Waals surface area contributed by atoms with Gasteiger partial charge in [-0.3, -0.25) is 10.1 Å². The number of nitrogens with one attached hydrogen (secondary N) is 2. The molecule has 0 unspecified atom stereocenters. The van der Waals surface area contributed by atoms with Crippen LogP contribution in [0.1, 0.15) is 19.2 Å². The van der Waals surface area contributed by atoms with Crippen LogP contribution in [0.3, 0.4) is 0 Å². The monoisotopic (exact) mass is 505 g/mol. The Morgan fingerprint density at radius 3 is 2.63 bits per heavy atom. The molecule has 35 heavy (non-hydrogen) atoms. The number of aryl methyl sites for hydroxylation is 1. The molecule has 0 fully saturated rings. The van der Waals surface area contributed by atoms with Crippen LogP contribution in [0.4, 0.5) is 30.6 Å². The number of anilines is 3. The van der Waals surface area contributed by atoms with Crippen LogP contribution in [0.5, 0.6) is 11.5 Å². The fourth-order valence-corrected chi connectivity index (χ4v) is 3.73. The predicted molar refractivity (Wildman–Crippen MR) is 126 cm³/mol. The Bertz CT molecular complexity index is 1240. The molecule has 9 nitrogen and oxygen atoms in total. The van der Waals surface area contributed by atoms with Crippen molar-refractivity contribution in [2.45, 2.75) is 26.5 Å². The fraction of sp³-hybridized carbons (Fsp3) is 0.261. The summed E-state index contributed by atoms with van der Waals surface area (Å²) in [4.78, 5) is 25.5. The third kappa shape index (κ3) is 5.80. The van der Waals surface area contributed by atoms with Crippen LogP contribution in [0, 0.1) is 6.92 Å². The second-order valence-corrected chi connectivity index (χ2v) is 8.23. The van der Waals surface area contributed by atoms with E-state index >= 15 is 0 Å². The molecule has 0 bridgehead atoms. The number of ether oxygens (including phenoxy) is 2. The maximum absolute atomic E-state index is 13.3. The number of carbonyl (C=O) groups excluding carboxylic acids is 2. The number of fused-ring (bicyclic) bond motifs is 1. The van der Waals surface area contributed by atoms with Gasteiger partial charge in [0.05, 0.1) is 36.4 Å². The Hall–Kier alpha value is -3.86. The van der Waals surface area contributed by atoms with Crippen molar-refractivity contribution in [2.75, 3.05) is 23.3 Å². The van der Waals surface area contributed by atoms with E-state index in [0.29, 0.717) is 44.0 Å². The molecule has 2 amide bonds. The van der Waals surface area contributed by atoms with Crippen LogP contribution in [-0.2, 0) is 4.79 Å². The van der Waals surface area contributed by atoms with Crippen LogP contribution in [0.2, 0.25) is 5.02 Å². The fourth-order valence-electron chi connectivity index (χ4n) is 3.61. The van der Waals surface area contributed by atoms with E-state index in [1.54, 1.807) is 54.3 Å². The highest BCUT2D eigenvalue weighted by molar-refractivity contribution is 6.30. The molecule has 4 rings (SSSR count). The van der Waals surface area contributed by atoms with E-state index in [1.807, 2.05) is 0 Å². The molecule has 2 aromatic carbocycles. The first-order chi connectivity index (χ1) is 16.7. The second-order valence-electron chi connectivity index (χ2n) is 7.80. The van der Waals surface area contributed by atoms with Crippen LogP contribution >= 0.6 is 11.6 Å². The number of rotatable bonds is 6. The summed E-state index contributed by atoms with van der Waals surface area (Å²) < 4.78 is 38.4. The number of hydrogen-bond donors (Lipinski definition) is 2. The second kappa shape index (κ2) is 10.2. The number of benzene rings is 2. The summed E-state index contributed by atoms with van der Waals surface area (Å²) in [7, 11) is 0. The number of halogens is 3. The van der Waals surface area contributed by atoms with Crippen molar-refractivity contribution in [1.82, 2.24) is 15.1 Å². The third-order valence-corrected chi connectivity index (χ3v) is 5.41. The molecule has 1 aliphatic heterocycles. The molecular weight excluding hydrogens is 484 g/mol. The van der Waals surface area contributed by atoms with Crippen molar-refractivity contribution in [3.8, 4) is 11.5 Å². The minimum atomic E-state index is -2.80. The molecule has 0 spiro atoms. The van der Waals surface area contributed by atoms with E-state index in [-0.39, 0.29) is 19.0 Å². The standard InChI is InChI=1S/C23H22ClF2N5O4/c1-13-20(12-31(29-13)22(25)26)30-11-18(10-27-14(2)32)34-21-8-5-16(9-19(21)30)28-23(33)35-17-6-3-15(24)4-7-17/h3-9,12,18,22H,10-11H2,1-2H3,(H,27,32)(H,28,33)/t18-/m0/s1. The quantitative estimate of drug-likeness (QED) is 0.495. The summed E-state index contributed by atoms with van der Waals surface area (Å²) in [6.07, 6.45) is 0.0783. The Labute approximate surface area is 204 Å². The largest absolute Gasteiger partial charge is 0.485 e. The van der Waals surface area contributed by atoms with E-state index in [1.165, 1.54) is 13.1 Å². The maximum atomic E-state index is 13.3. The Morgan fingerprint density at radius 2 is 1.97 bits per heavy atom. The third-order valence-electron chi connectivity index (χ3n) is 5.16. The summed E-state index contributed by atoms with van der Waals surface area (Å²) in [6, 6.07) is 11.2.